The lowest BCUT2D eigenvalue weighted by Crippen LogP contribution is -2.12. The van der Waals surface area contributed by atoms with Gasteiger partial charge in [0.2, 0.25) is 11.8 Å². The average Bonchev–Trinajstić information content (AvgIpc) is 3.09. The summed E-state index contributed by atoms with van der Waals surface area (Å²) in [6.07, 6.45) is 0.830. The zero-order valence-electron chi connectivity index (χ0n) is 14.5. The highest BCUT2D eigenvalue weighted by Gasteiger charge is 2.08. The molecule has 0 atom stereocenters. The van der Waals surface area contributed by atoms with Crippen LogP contribution in [0.2, 0.25) is 0 Å². The van der Waals surface area contributed by atoms with Gasteiger partial charge in [0.1, 0.15) is 11.5 Å². The summed E-state index contributed by atoms with van der Waals surface area (Å²) in [4.78, 5) is 23.3. The minimum absolute atomic E-state index is 0.109. The number of hydrogen-bond donors (Lipinski definition) is 2. The third-order valence-corrected chi connectivity index (χ3v) is 3.79. The van der Waals surface area contributed by atoms with Gasteiger partial charge in [0.05, 0.1) is 0 Å². The fourth-order valence-electron chi connectivity index (χ4n) is 2.61. The maximum Gasteiger partial charge on any atom is 0.224 e. The van der Waals surface area contributed by atoms with E-state index in [2.05, 4.69) is 10.6 Å². The summed E-state index contributed by atoms with van der Waals surface area (Å²) in [6.45, 7) is 1.44. The lowest BCUT2D eigenvalue weighted by Gasteiger charge is -2.07. The van der Waals surface area contributed by atoms with E-state index in [0.29, 0.717) is 24.2 Å². The molecule has 0 spiro atoms. The second-order valence-electron chi connectivity index (χ2n) is 5.94. The molecule has 0 aliphatic carbocycles. The van der Waals surface area contributed by atoms with Crippen LogP contribution in [-0.2, 0) is 16.0 Å². The second-order valence-corrected chi connectivity index (χ2v) is 5.94. The van der Waals surface area contributed by atoms with Crippen LogP contribution in [0.1, 0.15) is 19.1 Å². The molecule has 132 valence electrons. The van der Waals surface area contributed by atoms with Crippen molar-refractivity contribution in [2.45, 2.75) is 19.8 Å². The van der Waals surface area contributed by atoms with Gasteiger partial charge in [0.25, 0.3) is 0 Å². The minimum Gasteiger partial charge on any atom is -0.461 e. The van der Waals surface area contributed by atoms with Crippen molar-refractivity contribution in [2.24, 2.45) is 0 Å². The third-order valence-electron chi connectivity index (χ3n) is 3.79. The number of aryl methyl sites for hydroxylation is 1. The van der Waals surface area contributed by atoms with Crippen molar-refractivity contribution in [3.63, 3.8) is 0 Å². The zero-order valence-corrected chi connectivity index (χ0v) is 14.5. The van der Waals surface area contributed by atoms with Crippen LogP contribution in [0, 0.1) is 0 Å². The molecule has 0 bridgehead atoms. The maximum absolute atomic E-state index is 12.2. The van der Waals surface area contributed by atoms with Crippen LogP contribution in [-0.4, -0.2) is 11.8 Å². The molecular formula is C21H20N2O3. The first-order valence-corrected chi connectivity index (χ1v) is 8.42. The van der Waals surface area contributed by atoms with Crippen molar-refractivity contribution in [3.8, 4) is 11.3 Å². The molecule has 5 nitrogen and oxygen atoms in total. The quantitative estimate of drug-likeness (QED) is 0.690. The molecule has 2 N–H and O–H groups in total. The van der Waals surface area contributed by atoms with Gasteiger partial charge >= 0.3 is 0 Å². The molecule has 26 heavy (non-hydrogen) atoms. The highest BCUT2D eigenvalue weighted by atomic mass is 16.3. The number of furan rings is 1. The molecule has 3 rings (SSSR count). The Hall–Kier alpha value is -3.34. The minimum atomic E-state index is -0.152. The van der Waals surface area contributed by atoms with Gasteiger partial charge < -0.3 is 15.1 Å². The Morgan fingerprint density at radius 2 is 1.62 bits per heavy atom. The van der Waals surface area contributed by atoms with E-state index in [1.807, 2.05) is 42.5 Å². The fraction of sp³-hybridized carbons (Fsp3) is 0.143. The Labute approximate surface area is 152 Å². The van der Waals surface area contributed by atoms with Gasteiger partial charge in [-0.25, -0.2) is 0 Å². The first kappa shape index (κ1) is 17.5. The molecule has 0 aliphatic rings. The summed E-state index contributed by atoms with van der Waals surface area (Å²) < 4.78 is 5.81. The first-order valence-electron chi connectivity index (χ1n) is 8.42. The molecule has 3 aromatic rings. The monoisotopic (exact) mass is 348 g/mol. The number of carbonyl (C=O) groups excluding carboxylic acids is 2. The van der Waals surface area contributed by atoms with Crippen LogP contribution in [0.3, 0.4) is 0 Å². The summed E-state index contributed by atoms with van der Waals surface area (Å²) in [5, 5.41) is 5.52. The number of hydrogen-bond acceptors (Lipinski definition) is 3. The van der Waals surface area contributed by atoms with E-state index in [9.17, 15) is 9.59 Å². The molecule has 2 aromatic carbocycles. The first-order chi connectivity index (χ1) is 12.6. The number of amides is 2. The van der Waals surface area contributed by atoms with Gasteiger partial charge in [-0.15, -0.1) is 0 Å². The van der Waals surface area contributed by atoms with Crippen molar-refractivity contribution in [3.05, 3.63) is 72.5 Å². The van der Waals surface area contributed by atoms with Crippen LogP contribution >= 0.6 is 0 Å². The number of nitrogens with one attached hydrogen (secondary N) is 2. The molecule has 0 saturated carbocycles. The Morgan fingerprint density at radius 3 is 2.35 bits per heavy atom. The average molecular weight is 348 g/mol. The molecular weight excluding hydrogens is 328 g/mol. The maximum atomic E-state index is 12.2. The van der Waals surface area contributed by atoms with E-state index in [1.165, 1.54) is 6.92 Å². The highest BCUT2D eigenvalue weighted by molar-refractivity contribution is 5.93. The normalized spacial score (nSPS) is 10.3. The lowest BCUT2D eigenvalue weighted by molar-refractivity contribution is -0.116. The standard InChI is InChI=1S/C21H20N2O3/c1-15(24)22-17-8-5-9-18(14-17)23-21(25)13-11-19-10-12-20(26-19)16-6-3-2-4-7-16/h2-10,12,14H,11,13H2,1H3,(H,22,24)(H,23,25). The van der Waals surface area contributed by atoms with Crippen LogP contribution < -0.4 is 10.6 Å². The largest absolute Gasteiger partial charge is 0.461 e. The predicted octanol–water partition coefficient (Wildman–Crippen LogP) is 4.48. The van der Waals surface area contributed by atoms with E-state index < -0.39 is 0 Å². The Bertz CT molecular complexity index is 900. The number of benzene rings is 2. The molecule has 0 saturated heterocycles. The van der Waals surface area contributed by atoms with E-state index in [4.69, 9.17) is 4.42 Å². The summed E-state index contributed by atoms with van der Waals surface area (Å²) >= 11 is 0. The van der Waals surface area contributed by atoms with E-state index in [1.54, 1.807) is 24.3 Å². The topological polar surface area (TPSA) is 71.3 Å². The number of anilines is 2. The van der Waals surface area contributed by atoms with Crippen LogP contribution in [0.5, 0.6) is 0 Å². The van der Waals surface area contributed by atoms with Gasteiger partial charge in [0.15, 0.2) is 0 Å². The van der Waals surface area contributed by atoms with E-state index in [-0.39, 0.29) is 11.8 Å². The summed E-state index contributed by atoms with van der Waals surface area (Å²) in [5.41, 5.74) is 2.30. The number of rotatable bonds is 6. The predicted molar refractivity (Wildman–Crippen MR) is 102 cm³/mol. The van der Waals surface area contributed by atoms with Crippen molar-refractivity contribution in [2.75, 3.05) is 10.6 Å². The molecule has 1 heterocycles. The fourth-order valence-corrected chi connectivity index (χ4v) is 2.61. The Balaban J connectivity index is 1.55. The summed E-state index contributed by atoms with van der Waals surface area (Å²) in [7, 11) is 0. The van der Waals surface area contributed by atoms with Crippen molar-refractivity contribution < 1.29 is 14.0 Å². The molecule has 0 fully saturated rings. The van der Waals surface area contributed by atoms with Gasteiger partial charge in [-0.3, -0.25) is 9.59 Å². The van der Waals surface area contributed by atoms with Gasteiger partial charge in [-0.2, -0.15) is 0 Å². The van der Waals surface area contributed by atoms with Gasteiger partial charge in [-0.1, -0.05) is 36.4 Å². The summed E-state index contributed by atoms with van der Waals surface area (Å²) in [6, 6.07) is 20.7. The van der Waals surface area contributed by atoms with Crippen LogP contribution in [0.4, 0.5) is 11.4 Å². The third kappa shape index (κ3) is 4.83. The van der Waals surface area contributed by atoms with Crippen molar-refractivity contribution in [1.82, 2.24) is 0 Å². The Morgan fingerprint density at radius 1 is 0.885 bits per heavy atom. The lowest BCUT2D eigenvalue weighted by atomic mass is 10.2. The molecule has 0 radical (unpaired) electrons. The summed E-state index contributed by atoms with van der Waals surface area (Å²) in [5.74, 6) is 1.30. The Kier molecular flexibility index (Phi) is 5.49. The zero-order chi connectivity index (χ0) is 18.4. The van der Waals surface area contributed by atoms with Crippen molar-refractivity contribution in [1.29, 1.82) is 0 Å². The molecule has 1 aromatic heterocycles. The molecule has 5 heteroatoms. The van der Waals surface area contributed by atoms with Gasteiger partial charge in [0, 0.05) is 36.7 Å². The second kappa shape index (κ2) is 8.16. The molecule has 0 aliphatic heterocycles. The SMILES string of the molecule is CC(=O)Nc1cccc(NC(=O)CCc2ccc(-c3ccccc3)o2)c1. The van der Waals surface area contributed by atoms with Gasteiger partial charge in [-0.05, 0) is 30.3 Å². The van der Waals surface area contributed by atoms with Crippen LogP contribution in [0.25, 0.3) is 11.3 Å². The van der Waals surface area contributed by atoms with Crippen molar-refractivity contribution >= 4 is 23.2 Å². The van der Waals surface area contributed by atoms with Crippen LogP contribution in [0.15, 0.2) is 71.1 Å². The van der Waals surface area contributed by atoms with E-state index >= 15 is 0 Å². The molecule has 2 amide bonds. The molecule has 0 unspecified atom stereocenters. The number of carbonyl (C=O) groups is 2. The van der Waals surface area contributed by atoms with E-state index in [0.717, 1.165) is 17.1 Å². The highest BCUT2D eigenvalue weighted by Crippen LogP contribution is 2.22. The smallest absolute Gasteiger partial charge is 0.224 e.